The molecule has 1 unspecified atom stereocenters. The minimum Gasteiger partial charge on any atom is -0.342 e. The van der Waals surface area contributed by atoms with Gasteiger partial charge in [0.1, 0.15) is 0 Å². The zero-order valence-electron chi connectivity index (χ0n) is 9.99. The van der Waals surface area contributed by atoms with E-state index in [0.29, 0.717) is 0 Å². The highest BCUT2D eigenvalue weighted by molar-refractivity contribution is 9.10. The van der Waals surface area contributed by atoms with Gasteiger partial charge in [-0.3, -0.25) is 4.79 Å². The van der Waals surface area contributed by atoms with Crippen LogP contribution >= 0.6 is 15.9 Å². The number of hydrogen-bond acceptors (Lipinski definition) is 2. The SMILES string of the molecule is CC(Br)C(=O)N1CCC(N2CCCC2)CC1. The lowest BCUT2D eigenvalue weighted by Gasteiger charge is -2.37. The smallest absolute Gasteiger partial charge is 0.236 e. The number of nitrogens with zero attached hydrogens (tertiary/aromatic N) is 2. The van der Waals surface area contributed by atoms with Crippen LogP contribution in [-0.4, -0.2) is 52.8 Å². The van der Waals surface area contributed by atoms with Crippen molar-refractivity contribution >= 4 is 21.8 Å². The molecule has 0 aromatic carbocycles. The molecule has 0 aliphatic carbocycles. The second-order valence-corrected chi connectivity index (χ2v) is 6.29. The van der Waals surface area contributed by atoms with Crippen LogP contribution in [0.4, 0.5) is 0 Å². The molecule has 0 N–H and O–H groups in total. The van der Waals surface area contributed by atoms with Crippen LogP contribution in [0.5, 0.6) is 0 Å². The van der Waals surface area contributed by atoms with Gasteiger partial charge >= 0.3 is 0 Å². The maximum absolute atomic E-state index is 11.8. The van der Waals surface area contributed by atoms with Crippen LogP contribution < -0.4 is 0 Å². The van der Waals surface area contributed by atoms with Crippen molar-refractivity contribution < 1.29 is 4.79 Å². The molecule has 0 bridgehead atoms. The van der Waals surface area contributed by atoms with Crippen LogP contribution in [0.2, 0.25) is 0 Å². The average Bonchev–Trinajstić information content (AvgIpc) is 2.81. The number of piperidine rings is 1. The van der Waals surface area contributed by atoms with E-state index >= 15 is 0 Å². The van der Waals surface area contributed by atoms with Gasteiger partial charge in [-0.15, -0.1) is 0 Å². The summed E-state index contributed by atoms with van der Waals surface area (Å²) < 4.78 is 0. The fraction of sp³-hybridized carbons (Fsp3) is 0.917. The maximum Gasteiger partial charge on any atom is 0.236 e. The van der Waals surface area contributed by atoms with Crippen LogP contribution in [0.1, 0.15) is 32.6 Å². The Bertz CT molecular complexity index is 243. The second kappa shape index (κ2) is 5.50. The van der Waals surface area contributed by atoms with Gasteiger partial charge < -0.3 is 9.80 Å². The van der Waals surface area contributed by atoms with E-state index in [-0.39, 0.29) is 10.7 Å². The number of halogens is 1. The van der Waals surface area contributed by atoms with Crippen LogP contribution in [0.15, 0.2) is 0 Å². The van der Waals surface area contributed by atoms with Gasteiger partial charge in [0.15, 0.2) is 0 Å². The molecule has 0 spiro atoms. The van der Waals surface area contributed by atoms with Gasteiger partial charge in [-0.1, -0.05) is 15.9 Å². The summed E-state index contributed by atoms with van der Waals surface area (Å²) >= 11 is 3.36. The summed E-state index contributed by atoms with van der Waals surface area (Å²) in [6, 6.07) is 0.734. The number of amides is 1. The normalized spacial score (nSPS) is 26.0. The summed E-state index contributed by atoms with van der Waals surface area (Å²) in [5.74, 6) is 0.250. The summed E-state index contributed by atoms with van der Waals surface area (Å²) in [5, 5.41) is 0. The summed E-state index contributed by atoms with van der Waals surface area (Å²) in [7, 11) is 0. The van der Waals surface area contributed by atoms with Gasteiger partial charge in [0, 0.05) is 19.1 Å². The van der Waals surface area contributed by atoms with E-state index in [0.717, 1.165) is 32.0 Å². The minimum atomic E-state index is -0.0316. The Morgan fingerprint density at radius 2 is 1.75 bits per heavy atom. The van der Waals surface area contributed by atoms with Crippen molar-refractivity contribution in [3.63, 3.8) is 0 Å². The Morgan fingerprint density at radius 1 is 1.19 bits per heavy atom. The van der Waals surface area contributed by atoms with E-state index < -0.39 is 0 Å². The highest BCUT2D eigenvalue weighted by Gasteiger charge is 2.29. The largest absolute Gasteiger partial charge is 0.342 e. The molecule has 2 rings (SSSR count). The van der Waals surface area contributed by atoms with E-state index in [1.165, 1.54) is 25.9 Å². The Hall–Kier alpha value is -0.0900. The van der Waals surface area contributed by atoms with Crippen LogP contribution in [-0.2, 0) is 4.79 Å². The van der Waals surface area contributed by atoms with Crippen LogP contribution in [0, 0.1) is 0 Å². The zero-order valence-corrected chi connectivity index (χ0v) is 11.6. The molecule has 2 aliphatic heterocycles. The topological polar surface area (TPSA) is 23.6 Å². The van der Waals surface area contributed by atoms with Crippen molar-refractivity contribution in [2.24, 2.45) is 0 Å². The number of alkyl halides is 1. The molecule has 0 radical (unpaired) electrons. The van der Waals surface area contributed by atoms with Gasteiger partial charge in [-0.2, -0.15) is 0 Å². The molecule has 2 heterocycles. The lowest BCUT2D eigenvalue weighted by atomic mass is 10.0. The van der Waals surface area contributed by atoms with E-state index in [1.807, 2.05) is 11.8 Å². The molecule has 1 atom stereocenters. The molecule has 2 saturated heterocycles. The van der Waals surface area contributed by atoms with Crippen molar-refractivity contribution in [1.29, 1.82) is 0 Å². The molecule has 4 heteroatoms. The molecule has 2 fully saturated rings. The monoisotopic (exact) mass is 288 g/mol. The van der Waals surface area contributed by atoms with Crippen molar-refractivity contribution in [1.82, 2.24) is 9.80 Å². The molecule has 92 valence electrons. The van der Waals surface area contributed by atoms with E-state index in [4.69, 9.17) is 0 Å². The van der Waals surface area contributed by atoms with E-state index in [1.54, 1.807) is 0 Å². The van der Waals surface area contributed by atoms with E-state index in [2.05, 4.69) is 20.8 Å². The third-order valence-corrected chi connectivity index (χ3v) is 4.17. The Labute approximate surface area is 106 Å². The summed E-state index contributed by atoms with van der Waals surface area (Å²) in [6.45, 7) is 6.34. The Morgan fingerprint density at radius 3 is 2.25 bits per heavy atom. The molecule has 3 nitrogen and oxygen atoms in total. The fourth-order valence-corrected chi connectivity index (χ4v) is 3.10. The third-order valence-electron chi connectivity index (χ3n) is 3.77. The van der Waals surface area contributed by atoms with E-state index in [9.17, 15) is 4.79 Å². The molecule has 0 saturated carbocycles. The maximum atomic E-state index is 11.8. The molecule has 1 amide bonds. The number of likely N-dealkylation sites (tertiary alicyclic amines) is 2. The highest BCUT2D eigenvalue weighted by atomic mass is 79.9. The molecule has 16 heavy (non-hydrogen) atoms. The van der Waals surface area contributed by atoms with Gasteiger partial charge in [-0.25, -0.2) is 0 Å². The number of carbonyl (C=O) groups excluding carboxylic acids is 1. The fourth-order valence-electron chi connectivity index (χ4n) is 2.81. The number of rotatable bonds is 2. The molecular formula is C12H21BrN2O. The first kappa shape index (κ1) is 12.4. The summed E-state index contributed by atoms with van der Waals surface area (Å²) in [6.07, 6.45) is 5.03. The Kier molecular flexibility index (Phi) is 4.25. The van der Waals surface area contributed by atoms with Gasteiger partial charge in [0.05, 0.1) is 4.83 Å². The first-order valence-corrected chi connectivity index (χ1v) is 7.27. The number of carbonyl (C=O) groups is 1. The van der Waals surface area contributed by atoms with Gasteiger partial charge in [-0.05, 0) is 45.7 Å². The summed E-state index contributed by atoms with van der Waals surface area (Å²) in [4.78, 5) is 16.4. The van der Waals surface area contributed by atoms with Crippen molar-refractivity contribution in [3.8, 4) is 0 Å². The first-order chi connectivity index (χ1) is 7.68. The van der Waals surface area contributed by atoms with Crippen LogP contribution in [0.3, 0.4) is 0 Å². The lowest BCUT2D eigenvalue weighted by Crippen LogP contribution is -2.47. The molecule has 0 aromatic heterocycles. The third kappa shape index (κ3) is 2.77. The molecule has 0 aromatic rings. The van der Waals surface area contributed by atoms with Crippen molar-refractivity contribution in [2.45, 2.75) is 43.5 Å². The standard InChI is InChI=1S/C12H21BrN2O/c1-10(13)12(16)15-8-4-11(5-9-15)14-6-2-3-7-14/h10-11H,2-9H2,1H3. The molecule has 2 aliphatic rings. The highest BCUT2D eigenvalue weighted by Crippen LogP contribution is 2.21. The quantitative estimate of drug-likeness (QED) is 0.724. The van der Waals surface area contributed by atoms with Gasteiger partial charge in [0.25, 0.3) is 0 Å². The molecular weight excluding hydrogens is 268 g/mol. The van der Waals surface area contributed by atoms with Gasteiger partial charge in [0.2, 0.25) is 5.91 Å². The predicted octanol–water partition coefficient (Wildman–Crippen LogP) is 1.86. The zero-order chi connectivity index (χ0) is 11.5. The van der Waals surface area contributed by atoms with Crippen molar-refractivity contribution in [3.05, 3.63) is 0 Å². The second-order valence-electron chi connectivity index (χ2n) is 4.92. The van der Waals surface area contributed by atoms with Crippen LogP contribution in [0.25, 0.3) is 0 Å². The average molecular weight is 289 g/mol. The number of hydrogen-bond donors (Lipinski definition) is 0. The predicted molar refractivity (Wildman–Crippen MR) is 68.8 cm³/mol. The van der Waals surface area contributed by atoms with Crippen molar-refractivity contribution in [2.75, 3.05) is 26.2 Å². The summed E-state index contributed by atoms with van der Waals surface area (Å²) in [5.41, 5.74) is 0. The lowest BCUT2D eigenvalue weighted by molar-refractivity contribution is -0.131. The first-order valence-electron chi connectivity index (χ1n) is 6.35. The Balaban J connectivity index is 1.80. The minimum absolute atomic E-state index is 0.0316.